The summed E-state index contributed by atoms with van der Waals surface area (Å²) in [5.74, 6) is 8.21. The first kappa shape index (κ1) is 38.6. The van der Waals surface area contributed by atoms with E-state index >= 15 is 0 Å². The second-order valence-electron chi connectivity index (χ2n) is 17.1. The number of aromatic nitrogens is 4. The average Bonchev–Trinajstić information content (AvgIpc) is 3.83. The van der Waals surface area contributed by atoms with Gasteiger partial charge in [-0.15, -0.1) is 0 Å². The van der Waals surface area contributed by atoms with Crippen LogP contribution in [0, 0.1) is 35.5 Å². The Morgan fingerprint density at radius 1 is 0.881 bits per heavy atom. The Balaban J connectivity index is 0.884. The van der Waals surface area contributed by atoms with E-state index in [0.717, 1.165) is 59.1 Å². The van der Waals surface area contributed by atoms with E-state index < -0.39 is 24.3 Å². The predicted molar refractivity (Wildman–Crippen MR) is 216 cm³/mol. The summed E-state index contributed by atoms with van der Waals surface area (Å²) >= 11 is 0. The fourth-order valence-corrected chi connectivity index (χ4v) is 9.73. The van der Waals surface area contributed by atoms with Gasteiger partial charge in [-0.05, 0) is 97.1 Å². The lowest BCUT2D eigenvalue weighted by Gasteiger charge is -2.38. The number of H-pyrrole nitrogens is 2. The van der Waals surface area contributed by atoms with Crippen LogP contribution in [-0.4, -0.2) is 115 Å². The summed E-state index contributed by atoms with van der Waals surface area (Å²) in [6, 6.07) is 10.6. The van der Waals surface area contributed by atoms with E-state index in [1.54, 1.807) is 6.20 Å². The molecule has 0 bridgehead atoms. The normalized spacial score (nSPS) is 25.4. The van der Waals surface area contributed by atoms with Gasteiger partial charge in [0.05, 0.1) is 24.9 Å². The Hall–Kier alpha value is -5.88. The van der Waals surface area contributed by atoms with Crippen molar-refractivity contribution in [2.45, 2.75) is 88.6 Å². The van der Waals surface area contributed by atoms with Gasteiger partial charge in [0.25, 0.3) is 0 Å². The summed E-state index contributed by atoms with van der Waals surface area (Å²) < 4.78 is 10.3. The maximum Gasteiger partial charge on any atom is 0.407 e. The van der Waals surface area contributed by atoms with E-state index in [9.17, 15) is 24.3 Å². The molecule has 8 atom stereocenters. The molecule has 4 amide bonds. The molecule has 5 fully saturated rings. The van der Waals surface area contributed by atoms with E-state index in [-0.39, 0.29) is 47.8 Å². The first-order valence-electron chi connectivity index (χ1n) is 20.7. The molecule has 308 valence electrons. The second kappa shape index (κ2) is 15.4. The summed E-state index contributed by atoms with van der Waals surface area (Å²) in [6.07, 6.45) is 6.73. The number of nitrogens with one attached hydrogen (secondary N) is 3. The molecule has 3 saturated heterocycles. The lowest BCUT2D eigenvalue weighted by atomic mass is 9.89. The van der Waals surface area contributed by atoms with Crippen LogP contribution in [0.3, 0.4) is 0 Å². The highest BCUT2D eigenvalue weighted by molar-refractivity contribution is 5.89. The molecule has 2 aromatic carbocycles. The maximum absolute atomic E-state index is 14.2. The number of piperidine rings is 2. The van der Waals surface area contributed by atoms with Crippen LogP contribution in [0.15, 0.2) is 48.8 Å². The molecule has 4 aromatic rings. The number of amides is 4. The minimum atomic E-state index is -1.11. The topological polar surface area (TPSA) is 186 Å². The third-order valence-corrected chi connectivity index (χ3v) is 13.1. The number of likely N-dealkylation sites (tertiary alicyclic amines) is 2. The van der Waals surface area contributed by atoms with E-state index in [1.807, 2.05) is 54.1 Å². The quantitative estimate of drug-likeness (QED) is 0.160. The number of rotatable bonds is 9. The molecule has 3 aliphatic heterocycles. The zero-order valence-electron chi connectivity index (χ0n) is 33.7. The number of hydrogen-bond donors (Lipinski definition) is 4. The third-order valence-electron chi connectivity index (χ3n) is 13.1. The average molecular weight is 803 g/mol. The summed E-state index contributed by atoms with van der Waals surface area (Å²) in [4.78, 5) is 73.5. The van der Waals surface area contributed by atoms with E-state index in [0.29, 0.717) is 49.4 Å². The molecule has 5 aliphatic rings. The monoisotopic (exact) mass is 802 g/mol. The number of imidazole rings is 2. The number of likely N-dealkylation sites (N-methyl/N-ethyl adjacent to an activating group) is 1. The first-order valence-corrected chi connectivity index (χ1v) is 20.7. The fourth-order valence-electron chi connectivity index (χ4n) is 9.73. The molecular weight excluding hydrogens is 753 g/mol. The molecule has 9 rings (SSSR count). The number of nitrogens with zero attached hydrogens (tertiary/aromatic N) is 5. The van der Waals surface area contributed by atoms with Gasteiger partial charge < -0.3 is 39.7 Å². The van der Waals surface area contributed by atoms with Gasteiger partial charge in [-0.2, -0.15) is 0 Å². The SMILES string of the molecule is COC(=O)N[C@H](C(=O)N1[C@@H]2C[C@H]2C[C@H]1c1nc(-c2ccc3cc(C#Cc4c[nH]c([C@@H]5C[C@H]6C[C@H]6N5C(=O)[C@H](C5CCOCC5)N(C)C(=O)O)n4)ccc3c2)c[nH]1)C(C)C. The van der Waals surface area contributed by atoms with Crippen molar-refractivity contribution in [3.8, 4) is 23.1 Å². The van der Waals surface area contributed by atoms with Crippen molar-refractivity contribution in [3.05, 3.63) is 71.7 Å². The van der Waals surface area contributed by atoms with Crippen molar-refractivity contribution in [2.75, 3.05) is 27.4 Å². The van der Waals surface area contributed by atoms with Crippen LogP contribution in [0.5, 0.6) is 0 Å². The highest BCUT2D eigenvalue weighted by Gasteiger charge is 2.58. The van der Waals surface area contributed by atoms with E-state index in [2.05, 4.69) is 39.3 Å². The summed E-state index contributed by atoms with van der Waals surface area (Å²) in [5, 5.41) is 14.7. The highest BCUT2D eigenvalue weighted by Crippen LogP contribution is 2.54. The van der Waals surface area contributed by atoms with Crippen molar-refractivity contribution in [1.29, 1.82) is 0 Å². The second-order valence-corrected chi connectivity index (χ2v) is 17.1. The van der Waals surface area contributed by atoms with Crippen LogP contribution in [0.4, 0.5) is 9.59 Å². The number of carbonyl (C=O) groups is 4. The standard InChI is InChI=1S/C44H50N8O7/c1-23(2)37(49-43(55)58-4)41(53)51-33-17-29(33)20-36(51)40-46-22-32(48-40)28-9-8-26-15-24(5-7-27(26)16-28)6-10-31-21-45-39(47-31)35-19-30-18-34(30)52(35)42(54)38(50(3)44(56)57)25-11-13-59-14-12-25/h5,7-9,15-16,21-23,25,29-30,33-38H,11-14,17-20H2,1-4H3,(H,45,47)(H,46,48)(H,49,55)(H,56,57)/t29-,30+,33+,34+,35-,36-,37-,38-/m0/s1. The molecule has 15 heteroatoms. The maximum atomic E-state index is 14.2. The molecule has 2 saturated carbocycles. The number of hydrogen-bond acceptors (Lipinski definition) is 8. The van der Waals surface area contributed by atoms with Gasteiger partial charge in [0.1, 0.15) is 29.4 Å². The zero-order valence-corrected chi connectivity index (χ0v) is 33.7. The van der Waals surface area contributed by atoms with Gasteiger partial charge in [-0.3, -0.25) is 14.5 Å². The van der Waals surface area contributed by atoms with Crippen LogP contribution in [-0.2, 0) is 19.1 Å². The van der Waals surface area contributed by atoms with Gasteiger partial charge >= 0.3 is 12.2 Å². The van der Waals surface area contributed by atoms with Crippen LogP contribution in [0.25, 0.3) is 22.0 Å². The number of benzene rings is 2. The van der Waals surface area contributed by atoms with Crippen LogP contribution in [0.2, 0.25) is 0 Å². The molecule has 59 heavy (non-hydrogen) atoms. The van der Waals surface area contributed by atoms with E-state index in [1.165, 1.54) is 19.1 Å². The minimum Gasteiger partial charge on any atom is -0.465 e. The largest absolute Gasteiger partial charge is 0.465 e. The predicted octanol–water partition coefficient (Wildman–Crippen LogP) is 5.46. The zero-order chi connectivity index (χ0) is 41.1. The van der Waals surface area contributed by atoms with Crippen molar-refractivity contribution in [2.24, 2.45) is 23.7 Å². The van der Waals surface area contributed by atoms with Gasteiger partial charge in [-0.25, -0.2) is 19.6 Å². The Labute approximate surface area is 342 Å². The smallest absolute Gasteiger partial charge is 0.407 e. The van der Waals surface area contributed by atoms with Crippen molar-refractivity contribution >= 4 is 34.8 Å². The number of aromatic amines is 2. The molecule has 0 unspecified atom stereocenters. The van der Waals surface area contributed by atoms with Crippen molar-refractivity contribution < 1.29 is 33.8 Å². The summed E-state index contributed by atoms with van der Waals surface area (Å²) in [6.45, 7) is 4.87. The number of alkyl carbamates (subject to hydrolysis) is 1. The molecule has 4 N–H and O–H groups in total. The molecule has 0 radical (unpaired) electrons. The molecule has 2 aromatic heterocycles. The Morgan fingerprint density at radius 2 is 1.53 bits per heavy atom. The van der Waals surface area contributed by atoms with E-state index in [4.69, 9.17) is 19.4 Å². The van der Waals surface area contributed by atoms with Crippen LogP contribution < -0.4 is 5.32 Å². The number of carbonyl (C=O) groups excluding carboxylic acids is 3. The van der Waals surface area contributed by atoms with Gasteiger partial charge in [0, 0.05) is 55.9 Å². The van der Waals surface area contributed by atoms with Gasteiger partial charge in [-0.1, -0.05) is 38.0 Å². The van der Waals surface area contributed by atoms with Gasteiger partial charge in [0.15, 0.2) is 0 Å². The molecule has 2 aliphatic carbocycles. The number of carboxylic acid groups (broad SMARTS) is 1. The molecule has 5 heterocycles. The Kier molecular flexibility index (Phi) is 10.1. The van der Waals surface area contributed by atoms with Gasteiger partial charge in [0.2, 0.25) is 11.8 Å². The number of fused-ring (bicyclic) bond motifs is 3. The number of methoxy groups -OCH3 is 1. The first-order chi connectivity index (χ1) is 28.5. The molecule has 0 spiro atoms. The Morgan fingerprint density at radius 3 is 2.20 bits per heavy atom. The Bertz CT molecular complexity index is 2360. The fraction of sp³-hybridized carbons (Fsp3) is 0.500. The minimum absolute atomic E-state index is 0.0968. The highest BCUT2D eigenvalue weighted by atomic mass is 16.5. The van der Waals surface area contributed by atoms with Crippen LogP contribution in [0.1, 0.15) is 87.4 Å². The lowest BCUT2D eigenvalue weighted by Crippen LogP contribution is -2.54. The number of ether oxygens (including phenoxy) is 2. The van der Waals surface area contributed by atoms with Crippen LogP contribution >= 0.6 is 0 Å². The lowest BCUT2D eigenvalue weighted by molar-refractivity contribution is -0.141. The third kappa shape index (κ3) is 7.39. The molecule has 15 nitrogen and oxygen atoms in total. The molecular formula is C44H50N8O7. The summed E-state index contributed by atoms with van der Waals surface area (Å²) in [5.41, 5.74) is 3.13. The van der Waals surface area contributed by atoms with Crippen molar-refractivity contribution in [1.82, 2.24) is 40.0 Å². The van der Waals surface area contributed by atoms with Crippen molar-refractivity contribution in [3.63, 3.8) is 0 Å². The summed E-state index contributed by atoms with van der Waals surface area (Å²) in [7, 11) is 2.79.